The molecule has 23 heavy (non-hydrogen) atoms. The molecule has 0 unspecified atom stereocenters. The molecule has 0 bridgehead atoms. The van der Waals surface area contributed by atoms with Gasteiger partial charge in [-0.15, -0.1) is 21.9 Å². The van der Waals surface area contributed by atoms with Crippen molar-refractivity contribution in [1.82, 2.24) is 0 Å². The Labute approximate surface area is 147 Å². The van der Waals surface area contributed by atoms with Crippen LogP contribution in [-0.2, 0) is 0 Å². The molecule has 3 rings (SSSR count). The molecule has 0 aliphatic rings. The lowest BCUT2D eigenvalue weighted by molar-refractivity contribution is 2.02. The summed E-state index contributed by atoms with van der Waals surface area (Å²) in [6, 6.07) is 1.62. The van der Waals surface area contributed by atoms with E-state index in [1.54, 1.807) is 6.07 Å². The molecule has 0 amide bonds. The number of rotatable bonds is 0. The van der Waals surface area contributed by atoms with Gasteiger partial charge in [-0.2, -0.15) is 0 Å². The maximum Gasteiger partial charge on any atom is 0.114 e. The van der Waals surface area contributed by atoms with Gasteiger partial charge in [-0.05, 0) is 21.5 Å². The Balaban J connectivity index is 2.80. The second-order valence-electron chi connectivity index (χ2n) is 5.45. The maximum absolute atomic E-state index is 6.15. The summed E-state index contributed by atoms with van der Waals surface area (Å²) in [6.45, 7) is 0. The van der Waals surface area contributed by atoms with Crippen molar-refractivity contribution in [2.24, 2.45) is 0 Å². The van der Waals surface area contributed by atoms with Gasteiger partial charge in [0, 0.05) is 0 Å². The number of benzene rings is 3. The van der Waals surface area contributed by atoms with E-state index in [1.807, 2.05) is 0 Å². The lowest BCUT2D eigenvalue weighted by Crippen LogP contribution is -2.51. The van der Waals surface area contributed by atoms with Crippen molar-refractivity contribution in [3.63, 3.8) is 0 Å². The van der Waals surface area contributed by atoms with Crippen LogP contribution < -0.4 is 49.2 Å². The Morgan fingerprint density at radius 2 is 0.783 bits per heavy atom. The predicted octanol–water partition coefficient (Wildman–Crippen LogP) is -6.86. The van der Waals surface area contributed by atoms with Crippen molar-refractivity contribution in [2.75, 3.05) is 0 Å². The topological polar surface area (TPSA) is 0 Å². The molecule has 9 heteroatoms. The molecule has 3 aromatic rings. The highest BCUT2D eigenvalue weighted by Gasteiger charge is 2.16. The van der Waals surface area contributed by atoms with E-state index in [4.69, 9.17) is 70.6 Å². The Morgan fingerprint density at radius 3 is 1.30 bits per heavy atom. The largest absolute Gasteiger partial charge is 0.114 e. The fourth-order valence-corrected chi connectivity index (χ4v) is 2.88. The van der Waals surface area contributed by atoms with Crippen LogP contribution in [0.3, 0.4) is 0 Å². The second kappa shape index (κ2) is 5.40. The first-order valence-electron chi connectivity index (χ1n) is 6.68. The SMILES string of the molecule is [B]c1c([B])c([B])c2c(cc([B])c3c([B])c([B])c([B])c([B])c32)c1[B]. The van der Waals surface area contributed by atoms with Gasteiger partial charge in [0.1, 0.15) is 70.6 Å². The molecule has 0 N–H and O–H groups in total. The Kier molecular flexibility index (Phi) is 3.90. The summed E-state index contributed by atoms with van der Waals surface area (Å²) in [7, 11) is 54.2. The summed E-state index contributed by atoms with van der Waals surface area (Å²) in [5.74, 6) is 0. The van der Waals surface area contributed by atoms with Gasteiger partial charge in [-0.1, -0.05) is 33.4 Å². The molecule has 0 fully saturated rings. The van der Waals surface area contributed by atoms with Gasteiger partial charge >= 0.3 is 0 Å². The van der Waals surface area contributed by atoms with Crippen LogP contribution in [0.1, 0.15) is 0 Å². The molecule has 0 spiro atoms. The molecule has 0 saturated heterocycles. The van der Waals surface area contributed by atoms with Gasteiger partial charge in [0.05, 0.1) is 0 Å². The first kappa shape index (κ1) is 16.6. The molecule has 0 aromatic heterocycles. The summed E-state index contributed by atoms with van der Waals surface area (Å²) in [5.41, 5.74) is 1.91. The van der Waals surface area contributed by atoms with Crippen molar-refractivity contribution in [2.45, 2.75) is 0 Å². The van der Waals surface area contributed by atoms with Crippen molar-refractivity contribution in [3.05, 3.63) is 6.07 Å². The van der Waals surface area contributed by atoms with Crippen LogP contribution in [0.5, 0.6) is 0 Å². The second-order valence-corrected chi connectivity index (χ2v) is 5.45. The minimum absolute atomic E-state index is 0.148. The zero-order chi connectivity index (χ0) is 17.2. The van der Waals surface area contributed by atoms with Crippen LogP contribution in [0, 0.1) is 0 Å². The van der Waals surface area contributed by atoms with Gasteiger partial charge in [-0.25, -0.2) is 0 Å². The summed E-state index contributed by atoms with van der Waals surface area (Å²) >= 11 is 0. The summed E-state index contributed by atoms with van der Waals surface area (Å²) in [4.78, 5) is 0. The smallest absolute Gasteiger partial charge is 0.110 e. The van der Waals surface area contributed by atoms with Crippen LogP contribution >= 0.6 is 0 Å². The van der Waals surface area contributed by atoms with Crippen LogP contribution in [0.2, 0.25) is 0 Å². The first-order valence-corrected chi connectivity index (χ1v) is 6.68. The minimum atomic E-state index is 0.148. The fraction of sp³-hybridized carbons (Fsp3) is 0. The van der Waals surface area contributed by atoms with Crippen molar-refractivity contribution < 1.29 is 0 Å². The third-order valence-corrected chi connectivity index (χ3v) is 4.20. The van der Waals surface area contributed by atoms with E-state index >= 15 is 0 Å². The van der Waals surface area contributed by atoms with E-state index in [0.29, 0.717) is 27.0 Å². The average molecular weight is 266 g/mol. The highest BCUT2D eigenvalue weighted by atomic mass is 14.1. The Bertz CT molecular complexity index is 1010. The van der Waals surface area contributed by atoms with Gasteiger partial charge in [-0.3, -0.25) is 0 Å². The van der Waals surface area contributed by atoms with E-state index in [0.717, 1.165) is 0 Å². The highest BCUT2D eigenvalue weighted by molar-refractivity contribution is 6.72. The normalized spacial score (nSPS) is 11.3. The third-order valence-electron chi connectivity index (χ3n) is 4.20. The molecule has 0 aliphatic heterocycles. The molecular formula is C14HB9. The summed E-state index contributed by atoms with van der Waals surface area (Å²) < 4.78 is 0. The molecule has 3 aromatic carbocycles. The van der Waals surface area contributed by atoms with Gasteiger partial charge in [0.25, 0.3) is 0 Å². The van der Waals surface area contributed by atoms with E-state index in [9.17, 15) is 0 Å². The number of hydrogen-bond donors (Lipinski definition) is 0. The van der Waals surface area contributed by atoms with E-state index < -0.39 is 0 Å². The maximum atomic E-state index is 6.15. The zero-order valence-electron chi connectivity index (χ0n) is 12.3. The number of fused-ring (bicyclic) bond motifs is 3. The van der Waals surface area contributed by atoms with E-state index in [1.165, 1.54) is 0 Å². The molecular weight excluding hydrogens is 265 g/mol. The number of hydrogen-bond acceptors (Lipinski definition) is 0. The Morgan fingerprint density at radius 1 is 0.391 bits per heavy atom. The zero-order valence-corrected chi connectivity index (χ0v) is 12.3. The lowest BCUT2D eigenvalue weighted by Gasteiger charge is -2.24. The molecule has 0 saturated carbocycles. The van der Waals surface area contributed by atoms with Gasteiger partial charge in [0.15, 0.2) is 0 Å². The molecule has 84 valence electrons. The molecule has 0 atom stereocenters. The van der Waals surface area contributed by atoms with Crippen molar-refractivity contribution in [1.29, 1.82) is 0 Å². The lowest BCUT2D eigenvalue weighted by atomic mass is 9.59. The molecule has 0 aliphatic carbocycles. The van der Waals surface area contributed by atoms with E-state index in [2.05, 4.69) is 0 Å². The van der Waals surface area contributed by atoms with Gasteiger partial charge < -0.3 is 0 Å². The van der Waals surface area contributed by atoms with Crippen LogP contribution in [0.4, 0.5) is 0 Å². The van der Waals surface area contributed by atoms with Crippen LogP contribution in [0.25, 0.3) is 21.5 Å². The molecule has 0 nitrogen and oxygen atoms in total. The monoisotopic (exact) mass is 268 g/mol. The third kappa shape index (κ3) is 2.12. The Hall–Kier alpha value is -1.24. The predicted molar refractivity (Wildman–Crippen MR) is 110 cm³/mol. The highest BCUT2D eigenvalue weighted by Crippen LogP contribution is 2.16. The minimum Gasteiger partial charge on any atom is -0.110 e. The standard InChI is InChI=1S/C14HB9/c15-3-1-2-4(8(17)12(21)11(20)7(2)16)6-5(3)9(18)13(22)14(23)10(6)19/h1H. The van der Waals surface area contributed by atoms with Crippen LogP contribution in [0.15, 0.2) is 6.07 Å². The quantitative estimate of drug-likeness (QED) is 0.280. The van der Waals surface area contributed by atoms with E-state index in [-0.39, 0.29) is 43.7 Å². The molecule has 0 heterocycles. The van der Waals surface area contributed by atoms with Crippen molar-refractivity contribution >= 4 is 141 Å². The van der Waals surface area contributed by atoms with Crippen molar-refractivity contribution in [3.8, 4) is 0 Å². The summed E-state index contributed by atoms with van der Waals surface area (Å²) in [5, 5.41) is 1.93. The van der Waals surface area contributed by atoms with Crippen LogP contribution in [-0.4, -0.2) is 70.6 Å². The molecule has 18 radical (unpaired) electrons. The summed E-state index contributed by atoms with van der Waals surface area (Å²) in [6.07, 6.45) is 0. The average Bonchev–Trinajstić information content (AvgIpc) is 2.53. The van der Waals surface area contributed by atoms with Gasteiger partial charge in [0.2, 0.25) is 0 Å². The fourth-order valence-electron chi connectivity index (χ4n) is 2.88. The first-order chi connectivity index (χ1) is 10.7.